The highest BCUT2D eigenvalue weighted by Crippen LogP contribution is 2.24. The van der Waals surface area contributed by atoms with Crippen LogP contribution in [0.4, 0.5) is 9.59 Å². The van der Waals surface area contributed by atoms with Crippen molar-refractivity contribution < 1.29 is 24.2 Å². The number of carbonyl (C=O) groups is 2. The molecule has 25 heavy (non-hydrogen) atoms. The Bertz CT molecular complexity index is 765. The molecule has 0 aliphatic carbocycles. The predicted octanol–water partition coefficient (Wildman–Crippen LogP) is 1.94. The first kappa shape index (κ1) is 18.2. The normalized spacial score (nSPS) is 11.3. The molecule has 2 aromatic carbocycles. The lowest BCUT2D eigenvalue weighted by Crippen LogP contribution is -2.44. The number of nitrogens with one attached hydrogen (secondary N) is 2. The maximum absolute atomic E-state index is 11.3. The number of hydrogen-bond acceptors (Lipinski definition) is 6. The van der Waals surface area contributed by atoms with E-state index >= 15 is 0 Å². The molecule has 0 spiro atoms. The molecule has 2 rings (SSSR count). The third-order valence-electron chi connectivity index (χ3n) is 3.42. The van der Waals surface area contributed by atoms with Gasteiger partial charge in [-0.1, -0.05) is 42.5 Å². The number of aliphatic hydroxyl groups excluding tert-OH is 1. The van der Waals surface area contributed by atoms with E-state index in [1.165, 1.54) is 14.2 Å². The summed E-state index contributed by atoms with van der Waals surface area (Å²) in [6, 6.07) is 13.2. The number of rotatable bonds is 3. The second-order valence-corrected chi connectivity index (χ2v) is 5.01. The maximum atomic E-state index is 11.3. The molecule has 0 aromatic heterocycles. The van der Waals surface area contributed by atoms with E-state index in [9.17, 15) is 14.7 Å². The van der Waals surface area contributed by atoms with Crippen molar-refractivity contribution >= 4 is 28.9 Å². The molecule has 0 saturated carbocycles. The largest absolute Gasteiger partial charge is 0.453 e. The molecule has 8 heteroatoms. The molecule has 0 bridgehead atoms. The quantitative estimate of drug-likeness (QED) is 0.582. The van der Waals surface area contributed by atoms with Gasteiger partial charge in [-0.3, -0.25) is 10.6 Å². The molecular weight excluding hydrogens is 326 g/mol. The van der Waals surface area contributed by atoms with Gasteiger partial charge in [-0.05, 0) is 16.3 Å². The van der Waals surface area contributed by atoms with Crippen molar-refractivity contribution in [3.8, 4) is 0 Å². The summed E-state index contributed by atoms with van der Waals surface area (Å²) < 4.78 is 8.92. The molecule has 0 aliphatic heterocycles. The lowest BCUT2D eigenvalue weighted by molar-refractivity contribution is 0.172. The summed E-state index contributed by atoms with van der Waals surface area (Å²) in [7, 11) is 2.35. The number of nitrogens with zero attached hydrogens (tertiary/aromatic N) is 1. The molecule has 0 saturated heterocycles. The molecule has 2 amide bonds. The zero-order chi connectivity index (χ0) is 18.2. The minimum atomic E-state index is -0.931. The number of amides is 2. The Hall–Kier alpha value is -3.13. The Labute approximate surface area is 144 Å². The van der Waals surface area contributed by atoms with E-state index in [4.69, 9.17) is 0 Å². The van der Waals surface area contributed by atoms with Gasteiger partial charge in [-0.25, -0.2) is 14.6 Å². The van der Waals surface area contributed by atoms with Gasteiger partial charge >= 0.3 is 12.2 Å². The highest BCUT2D eigenvalue weighted by atomic mass is 16.5. The number of aliphatic imine (C=N–C) groups is 1. The van der Waals surface area contributed by atoms with Crippen molar-refractivity contribution in [2.75, 3.05) is 20.8 Å². The number of methoxy groups -OCH3 is 2. The van der Waals surface area contributed by atoms with Gasteiger partial charge in [0, 0.05) is 0 Å². The fourth-order valence-corrected chi connectivity index (χ4v) is 2.22. The average Bonchev–Trinajstić information content (AvgIpc) is 2.64. The Kier molecular flexibility index (Phi) is 6.30. The lowest BCUT2D eigenvalue weighted by Gasteiger charge is -2.13. The summed E-state index contributed by atoms with van der Waals surface area (Å²) in [4.78, 5) is 26.7. The molecule has 1 unspecified atom stereocenters. The van der Waals surface area contributed by atoms with Gasteiger partial charge < -0.3 is 14.6 Å². The predicted molar refractivity (Wildman–Crippen MR) is 92.3 cm³/mol. The van der Waals surface area contributed by atoms with E-state index in [1.54, 1.807) is 6.07 Å². The number of guanidine groups is 1. The number of carbonyl (C=O) groups excluding carboxylic acids is 2. The molecule has 3 N–H and O–H groups in total. The monoisotopic (exact) mass is 345 g/mol. The van der Waals surface area contributed by atoms with Crippen LogP contribution < -0.4 is 10.6 Å². The van der Waals surface area contributed by atoms with Gasteiger partial charge in [0.15, 0.2) is 0 Å². The fraction of sp³-hybridized carbons (Fsp3) is 0.235. The van der Waals surface area contributed by atoms with E-state index < -0.39 is 18.3 Å². The maximum Gasteiger partial charge on any atom is 0.413 e. The smallest absolute Gasteiger partial charge is 0.413 e. The van der Waals surface area contributed by atoms with Crippen molar-refractivity contribution in [1.29, 1.82) is 0 Å². The van der Waals surface area contributed by atoms with Crippen LogP contribution in [0, 0.1) is 0 Å². The summed E-state index contributed by atoms with van der Waals surface area (Å²) in [5.41, 5.74) is 0.692. The van der Waals surface area contributed by atoms with E-state index in [0.717, 1.165) is 10.8 Å². The highest BCUT2D eigenvalue weighted by molar-refractivity contribution is 6.01. The summed E-state index contributed by atoms with van der Waals surface area (Å²) in [6.07, 6.45) is -2.55. The molecule has 0 aliphatic rings. The Morgan fingerprint density at radius 2 is 1.64 bits per heavy atom. The third kappa shape index (κ3) is 4.92. The van der Waals surface area contributed by atoms with Crippen LogP contribution in [-0.2, 0) is 9.47 Å². The topological polar surface area (TPSA) is 109 Å². The molecule has 8 nitrogen and oxygen atoms in total. The first-order valence-corrected chi connectivity index (χ1v) is 7.45. The SMILES string of the molecule is COC(=O)NC(=NCC(O)c1cccc2ccccc12)NC(=O)OC. The van der Waals surface area contributed by atoms with Gasteiger partial charge in [0.05, 0.1) is 26.9 Å². The number of alkyl carbamates (subject to hydrolysis) is 2. The van der Waals surface area contributed by atoms with Crippen LogP contribution in [0.3, 0.4) is 0 Å². The lowest BCUT2D eigenvalue weighted by atomic mass is 10.0. The number of benzene rings is 2. The average molecular weight is 345 g/mol. The van der Waals surface area contributed by atoms with Crippen molar-refractivity contribution in [2.24, 2.45) is 4.99 Å². The second-order valence-electron chi connectivity index (χ2n) is 5.01. The summed E-state index contributed by atoms with van der Waals surface area (Å²) in [5.74, 6) is -0.182. The van der Waals surface area contributed by atoms with Crippen LogP contribution in [-0.4, -0.2) is 44.0 Å². The molecule has 2 aromatic rings. The van der Waals surface area contributed by atoms with Crippen LogP contribution in [0.15, 0.2) is 47.5 Å². The minimum absolute atomic E-state index is 0.0860. The summed E-state index contributed by atoms with van der Waals surface area (Å²) in [5, 5.41) is 16.8. The van der Waals surface area contributed by atoms with Crippen LogP contribution >= 0.6 is 0 Å². The first-order chi connectivity index (χ1) is 12.0. The Morgan fingerprint density at radius 1 is 1.04 bits per heavy atom. The molecule has 1 atom stereocenters. The molecular formula is C17H19N3O5. The van der Waals surface area contributed by atoms with E-state index in [0.29, 0.717) is 5.56 Å². The molecule has 0 heterocycles. The van der Waals surface area contributed by atoms with Crippen LogP contribution in [0.25, 0.3) is 10.8 Å². The van der Waals surface area contributed by atoms with Gasteiger partial charge in [0.25, 0.3) is 0 Å². The zero-order valence-corrected chi connectivity index (χ0v) is 13.9. The van der Waals surface area contributed by atoms with E-state index in [1.807, 2.05) is 36.4 Å². The first-order valence-electron chi connectivity index (χ1n) is 7.45. The summed E-state index contributed by atoms with van der Waals surface area (Å²) >= 11 is 0. The van der Waals surface area contributed by atoms with Crippen molar-refractivity contribution in [3.05, 3.63) is 48.0 Å². The van der Waals surface area contributed by atoms with Crippen molar-refractivity contribution in [3.63, 3.8) is 0 Å². The van der Waals surface area contributed by atoms with Gasteiger partial charge in [-0.15, -0.1) is 0 Å². The van der Waals surface area contributed by atoms with Gasteiger partial charge in [0.1, 0.15) is 0 Å². The minimum Gasteiger partial charge on any atom is -0.453 e. The van der Waals surface area contributed by atoms with Crippen LogP contribution in [0.1, 0.15) is 11.7 Å². The van der Waals surface area contributed by atoms with Gasteiger partial charge in [-0.2, -0.15) is 0 Å². The van der Waals surface area contributed by atoms with E-state index in [2.05, 4.69) is 25.1 Å². The van der Waals surface area contributed by atoms with Gasteiger partial charge in [0.2, 0.25) is 5.96 Å². The number of hydrogen-bond donors (Lipinski definition) is 3. The second kappa shape index (κ2) is 8.65. The fourth-order valence-electron chi connectivity index (χ4n) is 2.22. The van der Waals surface area contributed by atoms with Crippen molar-refractivity contribution in [2.45, 2.75) is 6.10 Å². The third-order valence-corrected chi connectivity index (χ3v) is 3.42. The molecule has 132 valence electrons. The molecule has 0 fully saturated rings. The van der Waals surface area contributed by atoms with Crippen LogP contribution in [0.5, 0.6) is 0 Å². The standard InChI is InChI=1S/C17H19N3O5/c1-24-16(22)19-15(20-17(23)25-2)18-10-14(21)13-9-5-7-11-6-3-4-8-12(11)13/h3-9,14,21H,10H2,1-2H3,(H2,18,19,20,22,23). The Balaban J connectivity index is 2.19. The molecule has 0 radical (unpaired) electrons. The number of ether oxygens (including phenoxy) is 2. The number of fused-ring (bicyclic) bond motifs is 1. The van der Waals surface area contributed by atoms with Crippen molar-refractivity contribution in [1.82, 2.24) is 10.6 Å². The van der Waals surface area contributed by atoms with Crippen LogP contribution in [0.2, 0.25) is 0 Å². The zero-order valence-electron chi connectivity index (χ0n) is 13.9. The highest BCUT2D eigenvalue weighted by Gasteiger charge is 2.14. The van der Waals surface area contributed by atoms with E-state index in [-0.39, 0.29) is 12.5 Å². The summed E-state index contributed by atoms with van der Waals surface area (Å²) in [6.45, 7) is -0.0860. The number of aliphatic hydroxyl groups is 1. The Morgan fingerprint density at radius 3 is 2.28 bits per heavy atom.